The first-order valence-corrected chi connectivity index (χ1v) is 7.34. The van der Waals surface area contributed by atoms with Crippen molar-refractivity contribution in [3.8, 4) is 5.75 Å². The fourth-order valence-electron chi connectivity index (χ4n) is 2.33. The maximum atomic E-state index is 12.4. The lowest BCUT2D eigenvalue weighted by atomic mass is 10.1. The molecule has 25 heavy (non-hydrogen) atoms. The number of alkyl halides is 2. The van der Waals surface area contributed by atoms with Crippen LogP contribution in [0.25, 0.3) is 11.0 Å². The Labute approximate surface area is 140 Å². The van der Waals surface area contributed by atoms with Gasteiger partial charge >= 0.3 is 6.61 Å². The van der Waals surface area contributed by atoms with Crippen LogP contribution in [0.15, 0.2) is 57.7 Å². The molecule has 0 atom stereocenters. The van der Waals surface area contributed by atoms with E-state index in [1.165, 1.54) is 18.2 Å². The van der Waals surface area contributed by atoms with Crippen molar-refractivity contribution >= 4 is 22.6 Å². The van der Waals surface area contributed by atoms with Crippen LogP contribution in [0.4, 0.5) is 14.5 Å². The number of ether oxygens (including phenoxy) is 1. The van der Waals surface area contributed by atoms with Gasteiger partial charge in [0.25, 0.3) is 5.91 Å². The predicted molar refractivity (Wildman–Crippen MR) is 88.2 cm³/mol. The smallest absolute Gasteiger partial charge is 0.387 e. The average molecular weight is 345 g/mol. The molecular formula is C18H13F2NO4. The van der Waals surface area contributed by atoms with Gasteiger partial charge in [0, 0.05) is 6.07 Å². The van der Waals surface area contributed by atoms with Gasteiger partial charge in [0.05, 0.1) is 11.1 Å². The van der Waals surface area contributed by atoms with E-state index in [9.17, 15) is 18.4 Å². The Bertz CT molecular complexity index is 998. The third kappa shape index (κ3) is 3.65. The number of benzene rings is 2. The third-order valence-electron chi connectivity index (χ3n) is 3.46. The largest absolute Gasteiger partial charge is 0.451 e. The number of carbonyl (C=O) groups is 1. The Kier molecular flexibility index (Phi) is 4.47. The molecule has 0 unspecified atom stereocenters. The average Bonchev–Trinajstić information content (AvgIpc) is 2.56. The quantitative estimate of drug-likeness (QED) is 0.777. The molecule has 0 aliphatic carbocycles. The van der Waals surface area contributed by atoms with E-state index >= 15 is 0 Å². The van der Waals surface area contributed by atoms with E-state index in [0.29, 0.717) is 5.39 Å². The van der Waals surface area contributed by atoms with Crippen LogP contribution < -0.4 is 15.5 Å². The van der Waals surface area contributed by atoms with Crippen molar-refractivity contribution in [1.82, 2.24) is 0 Å². The van der Waals surface area contributed by atoms with Gasteiger partial charge in [-0.15, -0.1) is 0 Å². The number of hydrogen-bond acceptors (Lipinski definition) is 4. The van der Waals surface area contributed by atoms with Gasteiger partial charge in [-0.25, -0.2) is 0 Å². The maximum absolute atomic E-state index is 12.4. The molecule has 0 bridgehead atoms. The predicted octanol–water partition coefficient (Wildman–Crippen LogP) is 3.96. The number of fused-ring (bicyclic) bond motifs is 1. The molecule has 0 radical (unpaired) electrons. The van der Waals surface area contributed by atoms with Crippen molar-refractivity contribution in [2.24, 2.45) is 0 Å². The number of anilines is 1. The van der Waals surface area contributed by atoms with E-state index in [0.717, 1.165) is 11.6 Å². The van der Waals surface area contributed by atoms with Crippen molar-refractivity contribution in [2.75, 3.05) is 5.32 Å². The second-order valence-corrected chi connectivity index (χ2v) is 5.30. The lowest BCUT2D eigenvalue weighted by molar-refractivity contribution is -0.0493. The summed E-state index contributed by atoms with van der Waals surface area (Å²) in [7, 11) is 0. The van der Waals surface area contributed by atoms with Crippen LogP contribution in [-0.2, 0) is 0 Å². The van der Waals surface area contributed by atoms with Gasteiger partial charge in [0.2, 0.25) is 0 Å². The fraction of sp³-hybridized carbons (Fsp3) is 0.111. The minimum atomic E-state index is -3.03. The monoisotopic (exact) mass is 345 g/mol. The summed E-state index contributed by atoms with van der Waals surface area (Å²) in [5, 5.41) is 2.76. The van der Waals surface area contributed by atoms with Crippen molar-refractivity contribution in [3.05, 3.63) is 70.1 Å². The minimum Gasteiger partial charge on any atom is -0.451 e. The number of nitrogens with one attached hydrogen (secondary N) is 1. The Hall–Kier alpha value is -3.22. The number of para-hydroxylation sites is 2. The molecular weight excluding hydrogens is 332 g/mol. The molecule has 0 aliphatic heterocycles. The van der Waals surface area contributed by atoms with Gasteiger partial charge in [-0.2, -0.15) is 8.78 Å². The third-order valence-corrected chi connectivity index (χ3v) is 3.46. The standard InChI is InChI=1S/C18H13F2NO4/c1-10-6-7-14-11(8-10)13(22)9-16(24-14)17(23)21-12-4-2-3-5-15(12)25-18(19)20/h2-9,18H,1H3,(H,21,23). The zero-order chi connectivity index (χ0) is 18.0. The molecule has 1 N–H and O–H groups in total. The van der Waals surface area contributed by atoms with Crippen LogP contribution in [-0.4, -0.2) is 12.5 Å². The van der Waals surface area contributed by atoms with Crippen LogP contribution in [0.2, 0.25) is 0 Å². The van der Waals surface area contributed by atoms with Crippen LogP contribution in [0, 0.1) is 6.92 Å². The molecule has 0 fully saturated rings. The summed E-state index contributed by atoms with van der Waals surface area (Å²) in [6.45, 7) is -1.20. The molecule has 0 spiro atoms. The summed E-state index contributed by atoms with van der Waals surface area (Å²) in [5.74, 6) is -1.16. The second kappa shape index (κ2) is 6.72. The van der Waals surface area contributed by atoms with Crippen LogP contribution in [0.1, 0.15) is 16.1 Å². The summed E-state index contributed by atoms with van der Waals surface area (Å²) in [5.41, 5.74) is 0.821. The molecule has 1 amide bonds. The highest BCUT2D eigenvalue weighted by molar-refractivity contribution is 6.03. The van der Waals surface area contributed by atoms with E-state index < -0.39 is 12.5 Å². The summed E-state index contributed by atoms with van der Waals surface area (Å²) in [4.78, 5) is 24.5. The topological polar surface area (TPSA) is 68.5 Å². The van der Waals surface area contributed by atoms with Crippen LogP contribution in [0.5, 0.6) is 5.75 Å². The molecule has 0 aliphatic rings. The van der Waals surface area contributed by atoms with Crippen molar-refractivity contribution < 1.29 is 22.7 Å². The fourth-order valence-corrected chi connectivity index (χ4v) is 2.33. The zero-order valence-electron chi connectivity index (χ0n) is 13.1. The van der Waals surface area contributed by atoms with Crippen LogP contribution in [0.3, 0.4) is 0 Å². The highest BCUT2D eigenvalue weighted by atomic mass is 19.3. The van der Waals surface area contributed by atoms with E-state index in [-0.39, 0.29) is 28.2 Å². The maximum Gasteiger partial charge on any atom is 0.387 e. The van der Waals surface area contributed by atoms with Crippen LogP contribution >= 0.6 is 0 Å². The number of hydrogen-bond donors (Lipinski definition) is 1. The lowest BCUT2D eigenvalue weighted by Crippen LogP contribution is -2.16. The SMILES string of the molecule is Cc1ccc2oc(C(=O)Nc3ccccc3OC(F)F)cc(=O)c2c1. The number of carbonyl (C=O) groups excluding carboxylic acids is 1. The molecule has 3 rings (SSSR count). The highest BCUT2D eigenvalue weighted by Gasteiger charge is 2.16. The molecule has 3 aromatic rings. The summed E-state index contributed by atoms with van der Waals surface area (Å²) in [6, 6.07) is 11.8. The molecule has 0 saturated carbocycles. The Morgan fingerprint density at radius 1 is 1.16 bits per heavy atom. The summed E-state index contributed by atoms with van der Waals surface area (Å²) >= 11 is 0. The van der Waals surface area contributed by atoms with E-state index in [4.69, 9.17) is 4.42 Å². The van der Waals surface area contributed by atoms with E-state index in [1.54, 1.807) is 24.3 Å². The van der Waals surface area contributed by atoms with Gasteiger partial charge in [-0.05, 0) is 31.2 Å². The molecule has 1 heterocycles. The van der Waals surface area contributed by atoms with Gasteiger partial charge in [0.15, 0.2) is 11.2 Å². The second-order valence-electron chi connectivity index (χ2n) is 5.30. The molecule has 2 aromatic carbocycles. The first-order valence-electron chi connectivity index (χ1n) is 7.34. The molecule has 0 saturated heterocycles. The first-order chi connectivity index (χ1) is 11.9. The van der Waals surface area contributed by atoms with Crippen molar-refractivity contribution in [1.29, 1.82) is 0 Å². The van der Waals surface area contributed by atoms with Gasteiger partial charge in [-0.1, -0.05) is 23.8 Å². The number of aryl methyl sites for hydroxylation is 1. The number of amides is 1. The van der Waals surface area contributed by atoms with Gasteiger partial charge in [-0.3, -0.25) is 9.59 Å². The summed E-state index contributed by atoms with van der Waals surface area (Å²) < 4.78 is 34.7. The molecule has 5 nitrogen and oxygen atoms in total. The molecule has 1 aromatic heterocycles. The molecule has 7 heteroatoms. The Morgan fingerprint density at radius 2 is 1.92 bits per heavy atom. The van der Waals surface area contributed by atoms with Gasteiger partial charge < -0.3 is 14.5 Å². The first kappa shape index (κ1) is 16.6. The van der Waals surface area contributed by atoms with Crippen molar-refractivity contribution in [3.63, 3.8) is 0 Å². The Morgan fingerprint density at radius 3 is 2.68 bits per heavy atom. The highest BCUT2D eigenvalue weighted by Crippen LogP contribution is 2.26. The normalized spacial score (nSPS) is 10.9. The number of halogens is 2. The summed E-state index contributed by atoms with van der Waals surface area (Å²) in [6.07, 6.45) is 0. The van der Waals surface area contributed by atoms with E-state index in [1.807, 2.05) is 6.92 Å². The minimum absolute atomic E-state index is 0.0412. The lowest BCUT2D eigenvalue weighted by Gasteiger charge is -2.11. The number of rotatable bonds is 4. The van der Waals surface area contributed by atoms with Gasteiger partial charge in [0.1, 0.15) is 11.3 Å². The zero-order valence-corrected chi connectivity index (χ0v) is 13.1. The molecule has 128 valence electrons. The van der Waals surface area contributed by atoms with E-state index in [2.05, 4.69) is 10.1 Å². The Balaban J connectivity index is 1.93. The van der Waals surface area contributed by atoms with Crippen molar-refractivity contribution in [2.45, 2.75) is 13.5 Å².